The number of nitrogens with zero attached hydrogens (tertiary/aromatic N) is 1. The van der Waals surface area contributed by atoms with E-state index in [1.807, 2.05) is 18.2 Å². The van der Waals surface area contributed by atoms with Crippen LogP contribution in [0.5, 0.6) is 0 Å². The Morgan fingerprint density at radius 2 is 1.80 bits per heavy atom. The van der Waals surface area contributed by atoms with Crippen molar-refractivity contribution in [2.24, 2.45) is 33.5 Å². The number of halogens is 2. The van der Waals surface area contributed by atoms with E-state index in [-0.39, 0.29) is 40.0 Å². The van der Waals surface area contributed by atoms with E-state index in [0.29, 0.717) is 18.6 Å². The Balaban J connectivity index is 1.19. The fourth-order valence-electron chi connectivity index (χ4n) is 10.7. The van der Waals surface area contributed by atoms with Gasteiger partial charge in [0.25, 0.3) is 0 Å². The van der Waals surface area contributed by atoms with Gasteiger partial charge in [0.15, 0.2) is 10.1 Å². The fourth-order valence-corrected chi connectivity index (χ4v) is 13.3. The average Bonchev–Trinajstić information content (AvgIpc) is 3.56. The second-order valence-electron chi connectivity index (χ2n) is 14.8. The van der Waals surface area contributed by atoms with Crippen LogP contribution in [0.15, 0.2) is 70.6 Å². The number of thioether (sulfide) groups is 1. The third kappa shape index (κ3) is 4.09. The minimum absolute atomic E-state index is 0.0502. The molecule has 3 fully saturated rings. The maximum Gasteiger partial charge on any atom is 0.164 e. The number of carbonyl (C=O) groups excluding carboxylic acids is 1. The highest BCUT2D eigenvalue weighted by molar-refractivity contribution is 8.01. The molecule has 0 amide bonds. The summed E-state index contributed by atoms with van der Waals surface area (Å²) in [4.78, 5) is 19.4. The van der Waals surface area contributed by atoms with Crippen molar-refractivity contribution < 1.29 is 19.4 Å². The molecule has 2 N–H and O–H groups in total. The molecule has 6 aliphatic carbocycles. The zero-order chi connectivity index (χ0) is 31.4. The first-order valence-electron chi connectivity index (χ1n) is 16.2. The van der Waals surface area contributed by atoms with E-state index in [1.165, 1.54) is 6.07 Å². The van der Waals surface area contributed by atoms with Crippen molar-refractivity contribution >= 4 is 50.7 Å². The Bertz CT molecular complexity index is 1740. The molecule has 1 heterocycles. The third-order valence-corrected chi connectivity index (χ3v) is 15.9. The van der Waals surface area contributed by atoms with Crippen LogP contribution in [-0.4, -0.2) is 38.4 Å². The summed E-state index contributed by atoms with van der Waals surface area (Å²) in [5, 5.41) is 23.8. The van der Waals surface area contributed by atoms with Crippen molar-refractivity contribution in [3.8, 4) is 0 Å². The van der Waals surface area contributed by atoms with Gasteiger partial charge in [0.05, 0.1) is 21.9 Å². The largest absolute Gasteiger partial charge is 0.393 e. The lowest BCUT2D eigenvalue weighted by Gasteiger charge is -2.71. The molecular weight excluding hydrogens is 625 g/mol. The summed E-state index contributed by atoms with van der Waals surface area (Å²) in [6.07, 6.45) is 11.8. The molecule has 0 saturated heterocycles. The van der Waals surface area contributed by atoms with E-state index in [2.05, 4.69) is 38.1 Å². The van der Waals surface area contributed by atoms with E-state index in [0.717, 1.165) is 52.2 Å². The molecule has 4 nitrogen and oxygen atoms in total. The van der Waals surface area contributed by atoms with E-state index >= 15 is 4.39 Å². The van der Waals surface area contributed by atoms with Gasteiger partial charge in [-0.3, -0.25) is 4.79 Å². The van der Waals surface area contributed by atoms with Crippen molar-refractivity contribution in [3.63, 3.8) is 0 Å². The van der Waals surface area contributed by atoms with Gasteiger partial charge in [0.2, 0.25) is 0 Å². The first kappa shape index (κ1) is 30.3. The minimum atomic E-state index is -0.924. The van der Waals surface area contributed by atoms with Gasteiger partial charge in [-0.1, -0.05) is 73.6 Å². The number of hydrogen-bond donors (Lipinski definition) is 2. The van der Waals surface area contributed by atoms with Gasteiger partial charge in [-0.25, -0.2) is 9.37 Å². The highest BCUT2D eigenvalue weighted by atomic mass is 35.5. The van der Waals surface area contributed by atoms with Crippen LogP contribution in [0, 0.1) is 39.3 Å². The predicted molar refractivity (Wildman–Crippen MR) is 179 cm³/mol. The van der Waals surface area contributed by atoms with E-state index < -0.39 is 33.8 Å². The van der Waals surface area contributed by atoms with E-state index in [1.54, 1.807) is 35.2 Å². The number of carbonyl (C=O) groups is 1. The molecule has 236 valence electrons. The van der Waals surface area contributed by atoms with Crippen LogP contribution in [0.1, 0.15) is 64.4 Å². The number of ketones is 1. The molecule has 8 atom stereocenters. The minimum Gasteiger partial charge on any atom is -0.393 e. The monoisotopic (exact) mass is 663 g/mol. The maximum absolute atomic E-state index is 15.0. The molecule has 3 aromatic rings. The van der Waals surface area contributed by atoms with Gasteiger partial charge in [0, 0.05) is 44.6 Å². The molecular formula is C37H39ClFNO3S2. The Labute approximate surface area is 277 Å². The van der Waals surface area contributed by atoms with Crippen LogP contribution in [0.4, 0.5) is 4.39 Å². The summed E-state index contributed by atoms with van der Waals surface area (Å²) >= 11 is 9.75. The first-order chi connectivity index (χ1) is 21.4. The van der Waals surface area contributed by atoms with Crippen molar-refractivity contribution in [2.75, 3.05) is 5.75 Å². The molecule has 45 heavy (non-hydrogen) atoms. The van der Waals surface area contributed by atoms with Crippen LogP contribution >= 0.6 is 34.7 Å². The zero-order valence-electron chi connectivity index (χ0n) is 25.7. The van der Waals surface area contributed by atoms with Crippen LogP contribution in [0.2, 0.25) is 5.02 Å². The summed E-state index contributed by atoms with van der Waals surface area (Å²) in [5.74, 6) is 0.236. The second-order valence-corrected chi connectivity index (χ2v) is 17.5. The number of para-hydroxylation sites is 1. The van der Waals surface area contributed by atoms with Gasteiger partial charge < -0.3 is 10.2 Å². The SMILES string of the molecule is C[C@]12CC[C@H]3[C@]4(C=C[C@@]5(C=C4C(=O)Cc4c(F)cccc4Cl)CC(O)CC[C@]35C)[C@@H]1CC[C@@]2(O)CSc1nc2ccccc2s1. The van der Waals surface area contributed by atoms with Gasteiger partial charge >= 0.3 is 0 Å². The number of rotatable bonds is 6. The Hall–Kier alpha value is -2.03. The molecule has 8 heteroatoms. The topological polar surface area (TPSA) is 70.4 Å². The lowest BCUT2D eigenvalue weighted by atomic mass is 9.32. The van der Waals surface area contributed by atoms with Crippen molar-refractivity contribution in [3.05, 3.63) is 82.7 Å². The quantitative estimate of drug-likeness (QED) is 0.204. The van der Waals surface area contributed by atoms with Gasteiger partial charge in [0.1, 0.15) is 5.82 Å². The summed E-state index contributed by atoms with van der Waals surface area (Å²) in [6.45, 7) is 4.63. The fraction of sp³-hybridized carbons (Fsp3) is 0.514. The highest BCUT2D eigenvalue weighted by Crippen LogP contribution is 2.78. The van der Waals surface area contributed by atoms with Crippen molar-refractivity contribution in [1.29, 1.82) is 0 Å². The lowest BCUT2D eigenvalue weighted by Crippen LogP contribution is -2.67. The molecule has 0 radical (unpaired) electrons. The Morgan fingerprint density at radius 1 is 1.04 bits per heavy atom. The Morgan fingerprint density at radius 3 is 2.60 bits per heavy atom. The molecule has 1 aromatic heterocycles. The van der Waals surface area contributed by atoms with Gasteiger partial charge in [-0.05, 0) is 86.5 Å². The number of aliphatic hydroxyl groups is 2. The second kappa shape index (κ2) is 10.2. The maximum atomic E-state index is 15.0. The van der Waals surface area contributed by atoms with Crippen LogP contribution < -0.4 is 0 Å². The number of aliphatic hydroxyl groups excluding tert-OH is 1. The number of thiazole rings is 1. The molecule has 2 spiro atoms. The van der Waals surface area contributed by atoms with Crippen LogP contribution in [0.25, 0.3) is 10.2 Å². The summed E-state index contributed by atoms with van der Waals surface area (Å²) < 4.78 is 17.1. The third-order valence-electron chi connectivity index (χ3n) is 13.1. The molecule has 0 aliphatic heterocycles. The molecule has 1 unspecified atom stereocenters. The van der Waals surface area contributed by atoms with Crippen LogP contribution in [-0.2, 0) is 11.2 Å². The molecule has 2 aromatic carbocycles. The van der Waals surface area contributed by atoms with E-state index in [4.69, 9.17) is 16.6 Å². The number of benzene rings is 2. The number of fused-ring (bicyclic) bond motifs is 2. The number of allylic oxidation sites excluding steroid dienone is 4. The van der Waals surface area contributed by atoms with E-state index in [9.17, 15) is 15.0 Å². The summed E-state index contributed by atoms with van der Waals surface area (Å²) in [7, 11) is 0. The number of Topliss-reactive ketones (excluding diaryl/α,β-unsaturated/α-hetero) is 1. The summed E-state index contributed by atoms with van der Waals surface area (Å²) in [5.41, 5.74) is -0.475. The first-order valence-corrected chi connectivity index (χ1v) is 18.4. The number of aromatic nitrogens is 1. The van der Waals surface area contributed by atoms with Crippen molar-refractivity contribution in [1.82, 2.24) is 4.98 Å². The normalized spacial score (nSPS) is 39.8. The number of hydrogen-bond acceptors (Lipinski definition) is 6. The standard InChI is InChI=1S/C37H39ClFNO3S2/c1-33-13-10-22(41)19-35(33)16-17-37(24(20-35)28(42)18-23-25(38)6-5-7-26(23)39)30(33)11-14-34(2)31(37)12-15-36(34,43)21-44-32-40-27-8-3-4-9-29(27)45-32/h3-9,16-17,20,22,30-31,41,43H,10-15,18-19,21H2,1-2H3/t22?,30-,31-,33-,34+,35+,36-,37-/m1/s1. The summed E-state index contributed by atoms with van der Waals surface area (Å²) in [6, 6.07) is 12.7. The molecule has 3 saturated carbocycles. The van der Waals surface area contributed by atoms with Gasteiger partial charge in [-0.2, -0.15) is 0 Å². The molecule has 6 aliphatic rings. The van der Waals surface area contributed by atoms with Crippen molar-refractivity contribution in [2.45, 2.75) is 81.3 Å². The predicted octanol–water partition coefficient (Wildman–Crippen LogP) is 8.58. The Kier molecular flexibility index (Phi) is 6.89. The lowest BCUT2D eigenvalue weighted by molar-refractivity contribution is -0.170. The zero-order valence-corrected chi connectivity index (χ0v) is 28.1. The smallest absolute Gasteiger partial charge is 0.164 e. The van der Waals surface area contributed by atoms with Gasteiger partial charge in [-0.15, -0.1) is 11.3 Å². The average molecular weight is 664 g/mol. The molecule has 9 rings (SSSR count). The van der Waals surface area contributed by atoms with Crippen LogP contribution in [0.3, 0.4) is 0 Å². The molecule has 2 bridgehead atoms. The highest BCUT2D eigenvalue weighted by Gasteiger charge is 2.74.